The molecule has 0 radical (unpaired) electrons. The third-order valence-electron chi connectivity index (χ3n) is 4.88. The van der Waals surface area contributed by atoms with Gasteiger partial charge in [-0.1, -0.05) is 12.1 Å². The molecule has 34 heavy (non-hydrogen) atoms. The zero-order valence-corrected chi connectivity index (χ0v) is 19.4. The van der Waals surface area contributed by atoms with Crippen molar-refractivity contribution >= 4 is 23.7 Å². The number of hydrogen-bond donors (Lipinski definition) is 2. The Kier molecular flexibility index (Phi) is 9.68. The molecule has 2 aromatic carbocycles. The first-order valence-electron chi connectivity index (χ1n) is 11.0. The summed E-state index contributed by atoms with van der Waals surface area (Å²) in [5, 5.41) is 6.78. The zero-order chi connectivity index (χ0) is 24.2. The molecule has 10 nitrogen and oxygen atoms in total. The Balaban J connectivity index is 1.54. The van der Waals surface area contributed by atoms with E-state index in [-0.39, 0.29) is 25.0 Å². The van der Waals surface area contributed by atoms with Gasteiger partial charge in [-0.05, 0) is 42.8 Å². The van der Waals surface area contributed by atoms with Crippen molar-refractivity contribution in [3.8, 4) is 17.2 Å². The fourth-order valence-electron chi connectivity index (χ4n) is 3.25. The monoisotopic (exact) mass is 470 g/mol. The molecule has 1 aliphatic heterocycles. The molecule has 2 N–H and O–H groups in total. The molecule has 2 aromatic rings. The van der Waals surface area contributed by atoms with Crippen molar-refractivity contribution in [2.75, 3.05) is 58.5 Å². The molecule has 182 valence electrons. The van der Waals surface area contributed by atoms with Crippen LogP contribution in [0.15, 0.2) is 47.6 Å². The number of methoxy groups -OCH3 is 1. The summed E-state index contributed by atoms with van der Waals surface area (Å²) in [4.78, 5) is 26.4. The molecule has 0 aliphatic carbocycles. The van der Waals surface area contributed by atoms with E-state index >= 15 is 0 Å². The van der Waals surface area contributed by atoms with E-state index in [1.807, 2.05) is 17.9 Å². The highest BCUT2D eigenvalue weighted by Gasteiger charge is 2.14. The van der Waals surface area contributed by atoms with Gasteiger partial charge in [0.15, 0.2) is 18.1 Å². The summed E-state index contributed by atoms with van der Waals surface area (Å²) in [6, 6.07) is 12.3. The summed E-state index contributed by atoms with van der Waals surface area (Å²) in [5.74, 6) is 0.929. The van der Waals surface area contributed by atoms with Crippen LogP contribution in [-0.2, 0) is 14.3 Å². The van der Waals surface area contributed by atoms with E-state index in [9.17, 15) is 9.59 Å². The Hall–Kier alpha value is -3.63. The van der Waals surface area contributed by atoms with Crippen LogP contribution < -0.4 is 25.0 Å². The normalized spacial score (nSPS) is 13.9. The number of ether oxygens (including phenoxy) is 4. The van der Waals surface area contributed by atoms with Crippen LogP contribution in [0.1, 0.15) is 12.5 Å². The average Bonchev–Trinajstić information content (AvgIpc) is 2.84. The lowest BCUT2D eigenvalue weighted by Gasteiger charge is -2.25. The Morgan fingerprint density at radius 3 is 2.62 bits per heavy atom. The van der Waals surface area contributed by atoms with Gasteiger partial charge in [-0.3, -0.25) is 14.5 Å². The van der Waals surface area contributed by atoms with E-state index < -0.39 is 0 Å². The van der Waals surface area contributed by atoms with Gasteiger partial charge < -0.3 is 24.3 Å². The van der Waals surface area contributed by atoms with Crippen LogP contribution in [0.3, 0.4) is 0 Å². The van der Waals surface area contributed by atoms with Crippen molar-refractivity contribution < 1.29 is 28.5 Å². The van der Waals surface area contributed by atoms with E-state index in [1.165, 1.54) is 13.3 Å². The van der Waals surface area contributed by atoms with Gasteiger partial charge >= 0.3 is 0 Å². The van der Waals surface area contributed by atoms with Crippen molar-refractivity contribution in [1.82, 2.24) is 10.3 Å². The van der Waals surface area contributed by atoms with Gasteiger partial charge in [0.1, 0.15) is 5.75 Å². The van der Waals surface area contributed by atoms with Gasteiger partial charge in [-0.15, -0.1) is 0 Å². The van der Waals surface area contributed by atoms with Crippen LogP contribution in [0.5, 0.6) is 17.2 Å². The molecule has 1 heterocycles. The van der Waals surface area contributed by atoms with Crippen molar-refractivity contribution in [2.24, 2.45) is 5.10 Å². The maximum atomic E-state index is 12.3. The number of benzene rings is 2. The molecule has 0 saturated carbocycles. The number of anilines is 1. The molecule has 1 fully saturated rings. The summed E-state index contributed by atoms with van der Waals surface area (Å²) < 4.78 is 21.8. The molecule has 2 amide bonds. The SMILES string of the molecule is CCOc1cc(/C=N\NC(=O)CN2CCOCC2)ccc1OCC(=O)Nc1ccccc1OC. The number of hydrogen-bond acceptors (Lipinski definition) is 8. The fourth-order valence-corrected chi connectivity index (χ4v) is 3.25. The van der Waals surface area contributed by atoms with Crippen LogP contribution in [0.2, 0.25) is 0 Å². The minimum atomic E-state index is -0.333. The first kappa shape index (κ1) is 25.0. The third kappa shape index (κ3) is 7.75. The number of nitrogens with zero attached hydrogens (tertiary/aromatic N) is 2. The lowest BCUT2D eigenvalue weighted by atomic mass is 10.2. The quantitative estimate of drug-likeness (QED) is 0.381. The lowest BCUT2D eigenvalue weighted by Crippen LogP contribution is -2.42. The number of amides is 2. The molecular formula is C24H30N4O6. The molecule has 0 aromatic heterocycles. The molecule has 0 bridgehead atoms. The second-order valence-corrected chi connectivity index (χ2v) is 7.36. The zero-order valence-electron chi connectivity index (χ0n) is 19.4. The molecule has 1 aliphatic rings. The number of hydrazone groups is 1. The van der Waals surface area contributed by atoms with Gasteiger partial charge in [0.2, 0.25) is 0 Å². The molecule has 3 rings (SSSR count). The van der Waals surface area contributed by atoms with Crippen LogP contribution >= 0.6 is 0 Å². The summed E-state index contributed by atoms with van der Waals surface area (Å²) in [7, 11) is 1.54. The predicted octanol–water partition coefficient (Wildman–Crippen LogP) is 1.89. The minimum Gasteiger partial charge on any atom is -0.495 e. The minimum absolute atomic E-state index is 0.191. The van der Waals surface area contributed by atoms with E-state index in [0.717, 1.165) is 13.1 Å². The maximum Gasteiger partial charge on any atom is 0.262 e. The number of morpholine rings is 1. The highest BCUT2D eigenvalue weighted by Crippen LogP contribution is 2.28. The van der Waals surface area contributed by atoms with Gasteiger partial charge in [0, 0.05) is 13.1 Å². The molecule has 10 heteroatoms. The molecule has 0 atom stereocenters. The van der Waals surface area contributed by atoms with Crippen molar-refractivity contribution in [3.05, 3.63) is 48.0 Å². The van der Waals surface area contributed by atoms with E-state index in [2.05, 4.69) is 15.8 Å². The topological polar surface area (TPSA) is 111 Å². The van der Waals surface area contributed by atoms with Gasteiger partial charge in [-0.25, -0.2) is 5.43 Å². The van der Waals surface area contributed by atoms with Crippen molar-refractivity contribution in [2.45, 2.75) is 6.92 Å². The van der Waals surface area contributed by atoms with E-state index in [4.69, 9.17) is 18.9 Å². The Morgan fingerprint density at radius 2 is 1.85 bits per heavy atom. The van der Waals surface area contributed by atoms with E-state index in [1.54, 1.807) is 36.4 Å². The fraction of sp³-hybridized carbons (Fsp3) is 0.375. The van der Waals surface area contributed by atoms with Crippen LogP contribution in [-0.4, -0.2) is 76.1 Å². The second-order valence-electron chi connectivity index (χ2n) is 7.36. The summed E-state index contributed by atoms with van der Waals surface area (Å²) in [6.45, 7) is 5.06. The number of carbonyl (C=O) groups excluding carboxylic acids is 2. The number of para-hydroxylation sites is 2. The molecule has 1 saturated heterocycles. The average molecular weight is 471 g/mol. The number of nitrogens with one attached hydrogen (secondary N) is 2. The Labute approximate surface area is 198 Å². The first-order chi connectivity index (χ1) is 16.6. The largest absolute Gasteiger partial charge is 0.495 e. The van der Waals surface area contributed by atoms with Gasteiger partial charge in [-0.2, -0.15) is 5.10 Å². The van der Waals surface area contributed by atoms with Gasteiger partial charge in [0.05, 0.1) is 45.4 Å². The van der Waals surface area contributed by atoms with Crippen molar-refractivity contribution in [1.29, 1.82) is 0 Å². The summed E-state index contributed by atoms with van der Waals surface area (Å²) in [6.07, 6.45) is 1.53. The molecule has 0 unspecified atom stereocenters. The van der Waals surface area contributed by atoms with E-state index in [0.29, 0.717) is 48.3 Å². The smallest absolute Gasteiger partial charge is 0.262 e. The van der Waals surface area contributed by atoms with Crippen molar-refractivity contribution in [3.63, 3.8) is 0 Å². The summed E-state index contributed by atoms with van der Waals surface area (Å²) in [5.41, 5.74) is 3.80. The van der Waals surface area contributed by atoms with Crippen LogP contribution in [0.25, 0.3) is 0 Å². The Morgan fingerprint density at radius 1 is 1.06 bits per heavy atom. The maximum absolute atomic E-state index is 12.3. The highest BCUT2D eigenvalue weighted by atomic mass is 16.5. The molecular weight excluding hydrogens is 440 g/mol. The number of rotatable bonds is 11. The number of carbonyl (C=O) groups is 2. The van der Waals surface area contributed by atoms with Crippen LogP contribution in [0.4, 0.5) is 5.69 Å². The van der Waals surface area contributed by atoms with Gasteiger partial charge in [0.25, 0.3) is 11.8 Å². The second kappa shape index (κ2) is 13.2. The molecule has 0 spiro atoms. The van der Waals surface area contributed by atoms with Crippen LogP contribution in [0, 0.1) is 0 Å². The lowest BCUT2D eigenvalue weighted by molar-refractivity contribution is -0.123. The standard InChI is InChI=1S/C24H30N4O6/c1-3-33-22-14-18(15-25-27-23(29)16-28-10-12-32-13-11-28)8-9-21(22)34-17-24(30)26-19-6-4-5-7-20(19)31-2/h4-9,14-15H,3,10-13,16-17H2,1-2H3,(H,26,30)(H,27,29)/b25-15-. The summed E-state index contributed by atoms with van der Waals surface area (Å²) >= 11 is 0. The third-order valence-corrected chi connectivity index (χ3v) is 4.88. The predicted molar refractivity (Wildman–Crippen MR) is 128 cm³/mol. The Bertz CT molecular complexity index is 991. The first-order valence-corrected chi connectivity index (χ1v) is 11.0. The highest BCUT2D eigenvalue weighted by molar-refractivity contribution is 5.93.